The molecule has 1 heterocycles. The van der Waals surface area contributed by atoms with E-state index in [9.17, 15) is 10.1 Å². The van der Waals surface area contributed by atoms with Crippen molar-refractivity contribution in [2.45, 2.75) is 13.0 Å². The molecule has 1 aliphatic heterocycles. The predicted octanol–water partition coefficient (Wildman–Crippen LogP) is 1.75. The van der Waals surface area contributed by atoms with Crippen LogP contribution in [0.3, 0.4) is 0 Å². The first-order valence-electron chi connectivity index (χ1n) is 6.22. The van der Waals surface area contributed by atoms with Gasteiger partial charge in [0.15, 0.2) is 0 Å². The van der Waals surface area contributed by atoms with Crippen molar-refractivity contribution in [1.82, 2.24) is 0 Å². The molecule has 104 valence electrons. The minimum Gasteiger partial charge on any atom is -0.382 e. The molecule has 0 N–H and O–H groups in total. The van der Waals surface area contributed by atoms with Gasteiger partial charge in [0.05, 0.1) is 24.2 Å². The zero-order chi connectivity index (χ0) is 13.8. The zero-order valence-electron chi connectivity index (χ0n) is 11.2. The molecular weight excluding hydrogens is 248 g/mol. The Morgan fingerprint density at radius 1 is 1.58 bits per heavy atom. The van der Waals surface area contributed by atoms with Crippen molar-refractivity contribution in [3.63, 3.8) is 0 Å². The summed E-state index contributed by atoms with van der Waals surface area (Å²) in [5.41, 5.74) is 1.69. The monoisotopic (exact) mass is 266 g/mol. The van der Waals surface area contributed by atoms with E-state index in [0.717, 1.165) is 5.56 Å². The average Bonchev–Trinajstić information content (AvgIpc) is 2.39. The molecule has 0 saturated carbocycles. The number of nitro benzene ring substituents is 1. The molecule has 0 aromatic heterocycles. The van der Waals surface area contributed by atoms with Crippen molar-refractivity contribution in [3.05, 3.63) is 33.9 Å². The van der Waals surface area contributed by atoms with Crippen LogP contribution in [0.4, 0.5) is 11.4 Å². The highest BCUT2D eigenvalue weighted by atomic mass is 16.6. The lowest BCUT2D eigenvalue weighted by Gasteiger charge is -2.33. The number of methoxy groups -OCH3 is 1. The zero-order valence-corrected chi connectivity index (χ0v) is 11.2. The molecule has 1 aromatic rings. The summed E-state index contributed by atoms with van der Waals surface area (Å²) in [6.45, 7) is 4.17. The fourth-order valence-corrected chi connectivity index (χ4v) is 2.27. The van der Waals surface area contributed by atoms with E-state index in [1.165, 1.54) is 0 Å². The minimum atomic E-state index is -0.330. The van der Waals surface area contributed by atoms with Crippen molar-refractivity contribution < 1.29 is 14.4 Å². The van der Waals surface area contributed by atoms with E-state index < -0.39 is 0 Å². The van der Waals surface area contributed by atoms with Crippen molar-refractivity contribution in [1.29, 1.82) is 0 Å². The Bertz CT molecular complexity index is 462. The van der Waals surface area contributed by atoms with Crippen LogP contribution in [-0.4, -0.2) is 44.4 Å². The van der Waals surface area contributed by atoms with Crippen molar-refractivity contribution in [2.75, 3.05) is 38.3 Å². The van der Waals surface area contributed by atoms with E-state index in [-0.39, 0.29) is 16.7 Å². The highest BCUT2D eigenvalue weighted by Crippen LogP contribution is 2.30. The van der Waals surface area contributed by atoms with Gasteiger partial charge in [-0.25, -0.2) is 0 Å². The Kier molecular flexibility index (Phi) is 4.34. The van der Waals surface area contributed by atoms with Crippen LogP contribution in [0.25, 0.3) is 0 Å². The van der Waals surface area contributed by atoms with Crippen LogP contribution in [0.15, 0.2) is 18.2 Å². The molecule has 1 unspecified atom stereocenters. The first kappa shape index (κ1) is 13.8. The van der Waals surface area contributed by atoms with Gasteiger partial charge in [0, 0.05) is 26.3 Å². The predicted molar refractivity (Wildman–Crippen MR) is 71.7 cm³/mol. The molecule has 6 nitrogen and oxygen atoms in total. The topological polar surface area (TPSA) is 64.8 Å². The summed E-state index contributed by atoms with van der Waals surface area (Å²) in [6.07, 6.45) is -0.0420. The van der Waals surface area contributed by atoms with Crippen molar-refractivity contribution in [2.24, 2.45) is 0 Å². The Labute approximate surface area is 112 Å². The van der Waals surface area contributed by atoms with Gasteiger partial charge in [-0.15, -0.1) is 0 Å². The number of anilines is 1. The summed E-state index contributed by atoms with van der Waals surface area (Å²) in [5.74, 6) is 0. The Morgan fingerprint density at radius 2 is 2.37 bits per heavy atom. The highest BCUT2D eigenvalue weighted by molar-refractivity contribution is 5.64. The summed E-state index contributed by atoms with van der Waals surface area (Å²) in [7, 11) is 1.62. The third-order valence-corrected chi connectivity index (χ3v) is 3.16. The van der Waals surface area contributed by atoms with Gasteiger partial charge in [-0.05, 0) is 18.6 Å². The van der Waals surface area contributed by atoms with Crippen molar-refractivity contribution in [3.8, 4) is 0 Å². The molecule has 1 aromatic carbocycles. The van der Waals surface area contributed by atoms with Gasteiger partial charge < -0.3 is 14.4 Å². The quantitative estimate of drug-likeness (QED) is 0.613. The number of benzene rings is 1. The first-order chi connectivity index (χ1) is 9.11. The maximum Gasteiger partial charge on any atom is 0.292 e. The molecule has 1 fully saturated rings. The van der Waals surface area contributed by atoms with E-state index in [1.807, 2.05) is 24.0 Å². The summed E-state index contributed by atoms with van der Waals surface area (Å²) in [6, 6.07) is 5.31. The van der Waals surface area contributed by atoms with Crippen LogP contribution in [0, 0.1) is 17.0 Å². The molecule has 1 aliphatic rings. The van der Waals surface area contributed by atoms with Crippen LogP contribution in [0.2, 0.25) is 0 Å². The van der Waals surface area contributed by atoms with E-state index in [4.69, 9.17) is 9.47 Å². The van der Waals surface area contributed by atoms with Crippen LogP contribution in [0.5, 0.6) is 0 Å². The molecule has 1 saturated heterocycles. The molecule has 6 heteroatoms. The number of nitrogens with zero attached hydrogens (tertiary/aromatic N) is 2. The lowest BCUT2D eigenvalue weighted by molar-refractivity contribution is -0.384. The SMILES string of the molecule is COCC1CN(c2ccc(C)cc2[N+](=O)[O-])CCO1. The number of hydrogen-bond acceptors (Lipinski definition) is 5. The summed E-state index contributed by atoms with van der Waals surface area (Å²) in [5, 5.41) is 11.1. The second-order valence-corrected chi connectivity index (χ2v) is 4.64. The number of ether oxygens (including phenoxy) is 2. The van der Waals surface area contributed by atoms with Gasteiger partial charge >= 0.3 is 0 Å². The summed E-state index contributed by atoms with van der Waals surface area (Å²) >= 11 is 0. The second-order valence-electron chi connectivity index (χ2n) is 4.64. The van der Waals surface area contributed by atoms with Gasteiger partial charge in [-0.1, -0.05) is 6.07 Å². The summed E-state index contributed by atoms with van der Waals surface area (Å²) in [4.78, 5) is 12.8. The molecule has 1 atom stereocenters. The first-order valence-corrected chi connectivity index (χ1v) is 6.22. The number of hydrogen-bond donors (Lipinski definition) is 0. The average molecular weight is 266 g/mol. The molecular formula is C13H18N2O4. The van der Waals surface area contributed by atoms with Gasteiger partial charge in [0.25, 0.3) is 5.69 Å². The van der Waals surface area contributed by atoms with Crippen molar-refractivity contribution >= 4 is 11.4 Å². The molecule has 0 aliphatic carbocycles. The van der Waals surface area contributed by atoms with Gasteiger partial charge in [-0.2, -0.15) is 0 Å². The van der Waals surface area contributed by atoms with Crippen LogP contribution < -0.4 is 4.90 Å². The smallest absolute Gasteiger partial charge is 0.292 e. The van der Waals surface area contributed by atoms with Crippen LogP contribution in [0.1, 0.15) is 5.56 Å². The molecule has 0 radical (unpaired) electrons. The third kappa shape index (κ3) is 3.21. The van der Waals surface area contributed by atoms with Gasteiger partial charge in [0.2, 0.25) is 0 Å². The fourth-order valence-electron chi connectivity index (χ4n) is 2.27. The van der Waals surface area contributed by atoms with Gasteiger partial charge in [0.1, 0.15) is 5.69 Å². The largest absolute Gasteiger partial charge is 0.382 e. The van der Waals surface area contributed by atoms with E-state index in [2.05, 4.69) is 0 Å². The molecule has 0 amide bonds. The Balaban J connectivity index is 2.23. The maximum absolute atomic E-state index is 11.1. The number of morpholine rings is 1. The normalized spacial score (nSPS) is 19.5. The fraction of sp³-hybridized carbons (Fsp3) is 0.538. The standard InChI is InChI=1S/C13H18N2O4/c1-10-3-4-12(13(7-10)15(16)17)14-5-6-19-11(8-14)9-18-2/h3-4,7,11H,5-6,8-9H2,1-2H3. The highest BCUT2D eigenvalue weighted by Gasteiger charge is 2.25. The van der Waals surface area contributed by atoms with E-state index in [1.54, 1.807) is 13.2 Å². The number of nitro groups is 1. The lowest BCUT2D eigenvalue weighted by Crippen LogP contribution is -2.44. The summed E-state index contributed by atoms with van der Waals surface area (Å²) < 4.78 is 10.6. The molecule has 19 heavy (non-hydrogen) atoms. The van der Waals surface area contributed by atoms with E-state index in [0.29, 0.717) is 32.0 Å². The molecule has 0 spiro atoms. The Hall–Kier alpha value is -1.66. The van der Waals surface area contributed by atoms with Crippen LogP contribution >= 0.6 is 0 Å². The third-order valence-electron chi connectivity index (χ3n) is 3.16. The minimum absolute atomic E-state index is 0.0420. The number of aryl methyl sites for hydroxylation is 1. The maximum atomic E-state index is 11.1. The molecule has 2 rings (SSSR count). The van der Waals surface area contributed by atoms with E-state index >= 15 is 0 Å². The number of rotatable bonds is 4. The van der Waals surface area contributed by atoms with Gasteiger partial charge in [-0.3, -0.25) is 10.1 Å². The second kappa shape index (κ2) is 5.99. The van der Waals surface area contributed by atoms with Crippen LogP contribution in [-0.2, 0) is 9.47 Å². The lowest BCUT2D eigenvalue weighted by atomic mass is 10.1. The Morgan fingerprint density at radius 3 is 3.05 bits per heavy atom. The molecule has 0 bridgehead atoms.